The number of carbonyl (C=O) groups is 1. The largest absolute Gasteiger partial charge is 0.495 e. The van der Waals surface area contributed by atoms with E-state index < -0.39 is 10.0 Å². The van der Waals surface area contributed by atoms with Gasteiger partial charge in [-0.05, 0) is 56.5 Å². The third-order valence-electron chi connectivity index (χ3n) is 5.96. The molecule has 0 bridgehead atoms. The summed E-state index contributed by atoms with van der Waals surface area (Å²) in [4.78, 5) is 15.2. The Balaban J connectivity index is 1.73. The number of hydrogen-bond acceptors (Lipinski definition) is 5. The van der Waals surface area contributed by atoms with Gasteiger partial charge in [-0.3, -0.25) is 4.79 Å². The SMILES string of the molecule is COc1ccc(C(=O)NCC2CCN(C(C)C)C2)cc1S(=O)(=O)N(C)Cc1ccccc1. The standard InChI is InChI=1S/C24H33N3O4S/c1-18(2)27-13-12-20(17-27)15-25-24(28)21-10-11-22(31-4)23(14-21)32(29,30)26(3)16-19-8-6-5-7-9-19/h5-11,14,18,20H,12-13,15-17H2,1-4H3,(H,25,28). The molecule has 174 valence electrons. The van der Waals surface area contributed by atoms with Crippen molar-refractivity contribution in [2.75, 3.05) is 33.8 Å². The molecular formula is C24H33N3O4S. The number of carbonyl (C=O) groups excluding carboxylic acids is 1. The summed E-state index contributed by atoms with van der Waals surface area (Å²) in [6.07, 6.45) is 1.05. The zero-order valence-corrected chi connectivity index (χ0v) is 20.1. The number of methoxy groups -OCH3 is 1. The highest BCUT2D eigenvalue weighted by atomic mass is 32.2. The second-order valence-electron chi connectivity index (χ2n) is 8.57. The molecule has 0 aliphatic carbocycles. The second kappa shape index (κ2) is 10.5. The summed E-state index contributed by atoms with van der Waals surface area (Å²) in [5, 5.41) is 2.97. The first-order chi connectivity index (χ1) is 15.2. The molecule has 0 spiro atoms. The van der Waals surface area contributed by atoms with Crippen LogP contribution in [-0.2, 0) is 16.6 Å². The molecule has 1 fully saturated rings. The molecule has 0 radical (unpaired) electrons. The van der Waals surface area contributed by atoms with E-state index in [0.29, 0.717) is 24.1 Å². The number of rotatable bonds is 9. The van der Waals surface area contributed by atoms with Gasteiger partial charge in [0.25, 0.3) is 5.91 Å². The lowest BCUT2D eigenvalue weighted by Crippen LogP contribution is -2.33. The number of amides is 1. The lowest BCUT2D eigenvalue weighted by atomic mass is 10.1. The van der Waals surface area contributed by atoms with Gasteiger partial charge in [-0.1, -0.05) is 30.3 Å². The molecule has 1 saturated heterocycles. The van der Waals surface area contributed by atoms with Gasteiger partial charge in [0.15, 0.2) is 0 Å². The molecule has 1 heterocycles. The lowest BCUT2D eigenvalue weighted by Gasteiger charge is -2.20. The molecule has 2 aromatic carbocycles. The number of likely N-dealkylation sites (tertiary alicyclic amines) is 1. The first-order valence-corrected chi connectivity index (χ1v) is 12.4. The summed E-state index contributed by atoms with van der Waals surface area (Å²) < 4.78 is 33.1. The zero-order chi connectivity index (χ0) is 23.3. The van der Waals surface area contributed by atoms with Crippen LogP contribution in [0.1, 0.15) is 36.2 Å². The van der Waals surface area contributed by atoms with Crippen LogP contribution in [0.15, 0.2) is 53.4 Å². The fourth-order valence-electron chi connectivity index (χ4n) is 3.95. The van der Waals surface area contributed by atoms with Crippen molar-refractivity contribution >= 4 is 15.9 Å². The van der Waals surface area contributed by atoms with Gasteiger partial charge in [-0.15, -0.1) is 0 Å². The van der Waals surface area contributed by atoms with Crippen molar-refractivity contribution in [2.45, 2.75) is 37.8 Å². The quantitative estimate of drug-likeness (QED) is 0.624. The number of ether oxygens (including phenoxy) is 1. The minimum Gasteiger partial charge on any atom is -0.495 e. The van der Waals surface area contributed by atoms with E-state index in [4.69, 9.17) is 4.74 Å². The molecule has 2 aromatic rings. The summed E-state index contributed by atoms with van der Waals surface area (Å²) in [6, 6.07) is 14.4. The van der Waals surface area contributed by atoms with E-state index in [2.05, 4.69) is 24.1 Å². The Hall–Kier alpha value is -2.42. The topological polar surface area (TPSA) is 79.0 Å². The highest BCUT2D eigenvalue weighted by molar-refractivity contribution is 7.89. The maximum atomic E-state index is 13.3. The van der Waals surface area contributed by atoms with Crippen molar-refractivity contribution in [1.82, 2.24) is 14.5 Å². The molecule has 3 rings (SSSR count). The average Bonchev–Trinajstić information content (AvgIpc) is 3.27. The Kier molecular flexibility index (Phi) is 7.92. The minimum atomic E-state index is -3.86. The van der Waals surface area contributed by atoms with E-state index in [-0.39, 0.29) is 23.1 Å². The molecule has 0 saturated carbocycles. The molecular weight excluding hydrogens is 426 g/mol. The van der Waals surface area contributed by atoms with Crippen molar-refractivity contribution in [3.05, 3.63) is 59.7 Å². The van der Waals surface area contributed by atoms with E-state index in [1.54, 1.807) is 6.07 Å². The number of nitrogens with zero attached hydrogens (tertiary/aromatic N) is 2. The van der Waals surface area contributed by atoms with Gasteiger partial charge in [0, 0.05) is 38.3 Å². The Morgan fingerprint density at radius 1 is 1.22 bits per heavy atom. The van der Waals surface area contributed by atoms with Gasteiger partial charge in [0.2, 0.25) is 10.0 Å². The van der Waals surface area contributed by atoms with Gasteiger partial charge < -0.3 is 15.0 Å². The number of hydrogen-bond donors (Lipinski definition) is 1. The fourth-order valence-corrected chi connectivity index (χ4v) is 5.29. The maximum absolute atomic E-state index is 13.3. The number of benzene rings is 2. The second-order valence-corrected chi connectivity index (χ2v) is 10.6. The van der Waals surface area contributed by atoms with Crippen LogP contribution in [0.4, 0.5) is 0 Å². The van der Waals surface area contributed by atoms with Crippen molar-refractivity contribution in [3.63, 3.8) is 0 Å². The smallest absolute Gasteiger partial charge is 0.251 e. The lowest BCUT2D eigenvalue weighted by molar-refractivity contribution is 0.0947. The summed E-state index contributed by atoms with van der Waals surface area (Å²) in [5.74, 6) is 0.336. The third-order valence-corrected chi connectivity index (χ3v) is 7.79. The number of sulfonamides is 1. The third kappa shape index (κ3) is 5.68. The van der Waals surface area contributed by atoms with E-state index in [1.807, 2.05) is 30.3 Å². The van der Waals surface area contributed by atoms with Gasteiger partial charge >= 0.3 is 0 Å². The fraction of sp³-hybridized carbons (Fsp3) is 0.458. The summed E-state index contributed by atoms with van der Waals surface area (Å²) in [7, 11) is -0.916. The van der Waals surface area contributed by atoms with Crippen molar-refractivity contribution in [2.24, 2.45) is 5.92 Å². The van der Waals surface area contributed by atoms with Crippen LogP contribution in [0.3, 0.4) is 0 Å². The highest BCUT2D eigenvalue weighted by Crippen LogP contribution is 2.28. The van der Waals surface area contributed by atoms with Crippen LogP contribution in [-0.4, -0.2) is 63.4 Å². The predicted octanol–water partition coefficient (Wildman–Crippen LogP) is 2.98. The van der Waals surface area contributed by atoms with Crippen LogP contribution >= 0.6 is 0 Å². The van der Waals surface area contributed by atoms with E-state index in [9.17, 15) is 13.2 Å². The Morgan fingerprint density at radius 2 is 1.94 bits per heavy atom. The Bertz CT molecular complexity index is 1020. The molecule has 1 N–H and O–H groups in total. The minimum absolute atomic E-state index is 0.0158. The maximum Gasteiger partial charge on any atom is 0.251 e. The van der Waals surface area contributed by atoms with E-state index >= 15 is 0 Å². The van der Waals surface area contributed by atoms with Crippen molar-refractivity contribution < 1.29 is 17.9 Å². The molecule has 32 heavy (non-hydrogen) atoms. The number of nitrogens with one attached hydrogen (secondary N) is 1. The van der Waals surface area contributed by atoms with Gasteiger partial charge in [-0.2, -0.15) is 4.31 Å². The summed E-state index contributed by atoms with van der Waals surface area (Å²) >= 11 is 0. The molecule has 1 atom stereocenters. The van der Waals surface area contributed by atoms with Gasteiger partial charge in [0.1, 0.15) is 10.6 Å². The van der Waals surface area contributed by atoms with E-state index in [1.165, 1.54) is 30.6 Å². The zero-order valence-electron chi connectivity index (χ0n) is 19.2. The van der Waals surface area contributed by atoms with Gasteiger partial charge in [-0.25, -0.2) is 8.42 Å². The monoisotopic (exact) mass is 459 g/mol. The Morgan fingerprint density at radius 3 is 2.56 bits per heavy atom. The average molecular weight is 460 g/mol. The molecule has 7 nitrogen and oxygen atoms in total. The predicted molar refractivity (Wildman–Crippen MR) is 125 cm³/mol. The van der Waals surface area contributed by atoms with Crippen LogP contribution in [0.25, 0.3) is 0 Å². The first kappa shape index (κ1) is 24.2. The van der Waals surface area contributed by atoms with Crippen molar-refractivity contribution in [1.29, 1.82) is 0 Å². The van der Waals surface area contributed by atoms with Crippen LogP contribution in [0, 0.1) is 5.92 Å². The summed E-state index contributed by atoms with van der Waals surface area (Å²) in [5.41, 5.74) is 1.18. The molecule has 1 unspecified atom stereocenters. The van der Waals surface area contributed by atoms with Gasteiger partial charge in [0.05, 0.1) is 7.11 Å². The van der Waals surface area contributed by atoms with Crippen LogP contribution < -0.4 is 10.1 Å². The van der Waals surface area contributed by atoms with Crippen LogP contribution in [0.2, 0.25) is 0 Å². The normalized spacial score (nSPS) is 17.1. The molecule has 1 aliphatic heterocycles. The van der Waals surface area contributed by atoms with Crippen molar-refractivity contribution in [3.8, 4) is 5.75 Å². The Labute approximate surface area is 191 Å². The van der Waals surface area contributed by atoms with Crippen LogP contribution in [0.5, 0.6) is 5.75 Å². The molecule has 0 aromatic heterocycles. The summed E-state index contributed by atoms with van der Waals surface area (Å²) in [6.45, 7) is 7.15. The molecule has 8 heteroatoms. The highest BCUT2D eigenvalue weighted by Gasteiger charge is 2.27. The molecule has 1 amide bonds. The molecule has 1 aliphatic rings. The first-order valence-electron chi connectivity index (χ1n) is 10.9. The van der Waals surface area contributed by atoms with E-state index in [0.717, 1.165) is 25.1 Å².